The minimum atomic E-state index is 0.641. The van der Waals surface area contributed by atoms with E-state index in [2.05, 4.69) is 18.0 Å². The van der Waals surface area contributed by atoms with E-state index in [1.165, 1.54) is 0 Å². The number of hydrogen-bond acceptors (Lipinski definition) is 3. The Hall–Kier alpha value is -2.27. The van der Waals surface area contributed by atoms with E-state index in [-0.39, 0.29) is 0 Å². The van der Waals surface area contributed by atoms with Gasteiger partial charge in [-0.05, 0) is 42.9 Å². The van der Waals surface area contributed by atoms with E-state index in [4.69, 9.17) is 21.7 Å². The second-order valence-corrected chi connectivity index (χ2v) is 5.16. The highest BCUT2D eigenvalue weighted by Crippen LogP contribution is 2.31. The first-order valence-electron chi connectivity index (χ1n) is 6.58. The molecule has 0 bridgehead atoms. The Balaban J connectivity index is 2.33. The predicted octanol–water partition coefficient (Wildman–Crippen LogP) is 4.01. The molecule has 1 aromatic heterocycles. The van der Waals surface area contributed by atoms with E-state index in [1.54, 1.807) is 14.2 Å². The fourth-order valence-electron chi connectivity index (χ4n) is 2.48. The molecule has 0 spiro atoms. The van der Waals surface area contributed by atoms with Gasteiger partial charge in [0.15, 0.2) is 4.77 Å². The third-order valence-corrected chi connectivity index (χ3v) is 3.84. The number of aromatic nitrogens is 2. The maximum absolute atomic E-state index is 5.48. The second kappa shape index (κ2) is 5.26. The summed E-state index contributed by atoms with van der Waals surface area (Å²) in [6.07, 6.45) is 0. The molecule has 1 heterocycles. The van der Waals surface area contributed by atoms with Gasteiger partial charge in [-0.1, -0.05) is 12.1 Å². The number of aryl methyl sites for hydroxylation is 1. The molecule has 0 atom stereocenters. The van der Waals surface area contributed by atoms with E-state index >= 15 is 0 Å². The fraction of sp³-hybridized carbons (Fsp3) is 0.188. The summed E-state index contributed by atoms with van der Waals surface area (Å²) >= 11 is 5.48. The van der Waals surface area contributed by atoms with Gasteiger partial charge in [0.2, 0.25) is 0 Å². The van der Waals surface area contributed by atoms with E-state index in [9.17, 15) is 0 Å². The third kappa shape index (κ3) is 2.19. The number of para-hydroxylation sites is 1. The van der Waals surface area contributed by atoms with Crippen LogP contribution in [0.4, 0.5) is 0 Å². The Bertz CT molecular complexity index is 864. The molecular formula is C16H16N2O2S. The van der Waals surface area contributed by atoms with Gasteiger partial charge in [-0.2, -0.15) is 0 Å². The average Bonchev–Trinajstić information content (AvgIpc) is 2.84. The summed E-state index contributed by atoms with van der Waals surface area (Å²) in [6, 6.07) is 11.8. The fourth-order valence-corrected chi connectivity index (χ4v) is 2.78. The van der Waals surface area contributed by atoms with Gasteiger partial charge in [-0.3, -0.25) is 4.57 Å². The zero-order valence-electron chi connectivity index (χ0n) is 12.1. The Labute approximate surface area is 127 Å². The number of ether oxygens (including phenoxy) is 2. The van der Waals surface area contributed by atoms with E-state index in [1.807, 2.05) is 34.9 Å². The molecule has 0 radical (unpaired) electrons. The molecule has 0 unspecified atom stereocenters. The quantitative estimate of drug-likeness (QED) is 0.743. The number of rotatable bonds is 3. The van der Waals surface area contributed by atoms with Crippen molar-refractivity contribution in [2.24, 2.45) is 0 Å². The lowest BCUT2D eigenvalue weighted by molar-refractivity contribution is 0.393. The summed E-state index contributed by atoms with van der Waals surface area (Å²) in [5, 5.41) is 0. The first-order chi connectivity index (χ1) is 10.2. The SMILES string of the molecule is COc1ccc(-n2c(=S)[nH]c3c(C)cccc32)c(OC)c1. The maximum Gasteiger partial charge on any atom is 0.182 e. The minimum absolute atomic E-state index is 0.641. The van der Waals surface area contributed by atoms with Gasteiger partial charge in [0.1, 0.15) is 11.5 Å². The summed E-state index contributed by atoms with van der Waals surface area (Å²) in [5.74, 6) is 1.46. The summed E-state index contributed by atoms with van der Waals surface area (Å²) in [4.78, 5) is 3.26. The lowest BCUT2D eigenvalue weighted by Crippen LogP contribution is -1.98. The van der Waals surface area contributed by atoms with Crippen molar-refractivity contribution in [1.82, 2.24) is 9.55 Å². The lowest BCUT2D eigenvalue weighted by Gasteiger charge is -2.12. The lowest BCUT2D eigenvalue weighted by atomic mass is 10.2. The van der Waals surface area contributed by atoms with Crippen LogP contribution in [0.3, 0.4) is 0 Å². The zero-order chi connectivity index (χ0) is 15.0. The molecule has 3 rings (SSSR count). The van der Waals surface area contributed by atoms with Crippen LogP contribution in [-0.2, 0) is 0 Å². The number of fused-ring (bicyclic) bond motifs is 1. The largest absolute Gasteiger partial charge is 0.497 e. The Kier molecular flexibility index (Phi) is 3.43. The number of imidazole rings is 1. The number of methoxy groups -OCH3 is 2. The highest BCUT2D eigenvalue weighted by Gasteiger charge is 2.13. The molecule has 108 valence electrons. The smallest absolute Gasteiger partial charge is 0.182 e. The molecule has 0 aliphatic heterocycles. The highest BCUT2D eigenvalue weighted by atomic mass is 32.1. The molecule has 0 saturated carbocycles. The van der Waals surface area contributed by atoms with Gasteiger partial charge < -0.3 is 14.5 Å². The number of benzene rings is 2. The molecule has 21 heavy (non-hydrogen) atoms. The average molecular weight is 300 g/mol. The predicted molar refractivity (Wildman–Crippen MR) is 86.3 cm³/mol. The molecule has 4 nitrogen and oxygen atoms in total. The van der Waals surface area contributed by atoms with Crippen molar-refractivity contribution in [2.45, 2.75) is 6.92 Å². The molecule has 0 amide bonds. The number of nitrogens with one attached hydrogen (secondary N) is 1. The molecule has 1 N–H and O–H groups in total. The Morgan fingerprint density at radius 2 is 1.90 bits per heavy atom. The van der Waals surface area contributed by atoms with Crippen molar-refractivity contribution < 1.29 is 9.47 Å². The zero-order valence-corrected chi connectivity index (χ0v) is 13.0. The molecule has 5 heteroatoms. The number of nitrogens with zero attached hydrogens (tertiary/aromatic N) is 1. The van der Waals surface area contributed by atoms with Crippen molar-refractivity contribution in [3.8, 4) is 17.2 Å². The van der Waals surface area contributed by atoms with Crippen LogP contribution >= 0.6 is 12.2 Å². The first kappa shape index (κ1) is 13.7. The van der Waals surface area contributed by atoms with Gasteiger partial charge >= 0.3 is 0 Å². The maximum atomic E-state index is 5.48. The van der Waals surface area contributed by atoms with Crippen LogP contribution in [0.1, 0.15) is 5.56 Å². The van der Waals surface area contributed by atoms with Crippen LogP contribution < -0.4 is 9.47 Å². The van der Waals surface area contributed by atoms with Crippen molar-refractivity contribution in [2.75, 3.05) is 14.2 Å². The van der Waals surface area contributed by atoms with Crippen LogP contribution in [0, 0.1) is 11.7 Å². The molecule has 0 fully saturated rings. The highest BCUT2D eigenvalue weighted by molar-refractivity contribution is 7.71. The third-order valence-electron chi connectivity index (χ3n) is 3.55. The summed E-state index contributed by atoms with van der Waals surface area (Å²) in [5.41, 5.74) is 4.12. The van der Waals surface area contributed by atoms with Gasteiger partial charge in [0.05, 0.1) is 30.9 Å². The topological polar surface area (TPSA) is 39.2 Å². The van der Waals surface area contributed by atoms with Gasteiger partial charge in [-0.15, -0.1) is 0 Å². The van der Waals surface area contributed by atoms with Gasteiger partial charge in [0.25, 0.3) is 0 Å². The summed E-state index contributed by atoms with van der Waals surface area (Å²) in [7, 11) is 3.27. The van der Waals surface area contributed by atoms with Crippen LogP contribution in [0.5, 0.6) is 11.5 Å². The summed E-state index contributed by atoms with van der Waals surface area (Å²) < 4.78 is 13.4. The second-order valence-electron chi connectivity index (χ2n) is 4.77. The van der Waals surface area contributed by atoms with Crippen molar-refractivity contribution in [3.05, 3.63) is 46.7 Å². The molecule has 0 aliphatic rings. The Morgan fingerprint density at radius 1 is 1.10 bits per heavy atom. The van der Waals surface area contributed by atoms with Crippen molar-refractivity contribution in [3.63, 3.8) is 0 Å². The molecule has 3 aromatic rings. The number of H-pyrrole nitrogens is 1. The van der Waals surface area contributed by atoms with Crippen molar-refractivity contribution >= 4 is 23.3 Å². The molecule has 2 aromatic carbocycles. The van der Waals surface area contributed by atoms with E-state index in [0.29, 0.717) is 10.5 Å². The van der Waals surface area contributed by atoms with Gasteiger partial charge in [-0.25, -0.2) is 0 Å². The Morgan fingerprint density at radius 3 is 2.62 bits per heavy atom. The van der Waals surface area contributed by atoms with Crippen LogP contribution in [0.15, 0.2) is 36.4 Å². The van der Waals surface area contributed by atoms with Crippen LogP contribution in [0.2, 0.25) is 0 Å². The summed E-state index contributed by atoms with van der Waals surface area (Å²) in [6.45, 7) is 2.06. The van der Waals surface area contributed by atoms with Crippen LogP contribution in [-0.4, -0.2) is 23.8 Å². The number of hydrogen-bond donors (Lipinski definition) is 1. The molecule has 0 aliphatic carbocycles. The molecule has 0 saturated heterocycles. The number of aromatic amines is 1. The molecular weight excluding hydrogens is 284 g/mol. The standard InChI is InChI=1S/C16H16N2O2S/c1-10-5-4-6-13-15(10)17-16(21)18(13)12-8-7-11(19-2)9-14(12)20-3/h4-9H,1-3H3,(H,17,21). The van der Waals surface area contributed by atoms with E-state index < -0.39 is 0 Å². The van der Waals surface area contributed by atoms with Crippen LogP contribution in [0.25, 0.3) is 16.7 Å². The normalized spacial score (nSPS) is 10.8. The minimum Gasteiger partial charge on any atom is -0.497 e. The van der Waals surface area contributed by atoms with Crippen molar-refractivity contribution in [1.29, 1.82) is 0 Å². The first-order valence-corrected chi connectivity index (χ1v) is 6.99. The van der Waals surface area contributed by atoms with E-state index in [0.717, 1.165) is 28.0 Å². The monoisotopic (exact) mass is 300 g/mol. The van der Waals surface area contributed by atoms with Gasteiger partial charge in [0, 0.05) is 6.07 Å².